The van der Waals surface area contributed by atoms with Crippen molar-refractivity contribution in [1.82, 2.24) is 10.2 Å². The molecule has 5 rings (SSSR count). The molecule has 2 aromatic carbocycles. The minimum Gasteiger partial charge on any atom is -0.355 e. The van der Waals surface area contributed by atoms with Crippen molar-refractivity contribution in [3.63, 3.8) is 0 Å². The summed E-state index contributed by atoms with van der Waals surface area (Å²) < 4.78 is 28.1. The van der Waals surface area contributed by atoms with Gasteiger partial charge in [0.05, 0.1) is 5.41 Å². The molecule has 3 aliphatic rings. The molecule has 2 aromatic rings. The lowest BCUT2D eigenvalue weighted by atomic mass is 9.62. The lowest BCUT2D eigenvalue weighted by molar-refractivity contribution is -0.141. The zero-order valence-electron chi connectivity index (χ0n) is 20.6. The standard InChI is InChI=1S/C29H34F2N2O2/c1-19-11-20(2)13-22(12-19)29(5-3-4-6-29)27(35)33-9-7-28(8-10-33)17-26(34)32-18-25(28)21-14-23(30)16-24(31)15-21/h11-16,25H,3-10,17-18H2,1-2H3,(H,32,34)/t25-/m0/s1. The van der Waals surface area contributed by atoms with Crippen molar-refractivity contribution in [2.75, 3.05) is 19.6 Å². The van der Waals surface area contributed by atoms with Gasteiger partial charge in [-0.15, -0.1) is 0 Å². The van der Waals surface area contributed by atoms with Gasteiger partial charge >= 0.3 is 0 Å². The number of halogens is 2. The highest BCUT2D eigenvalue weighted by Crippen LogP contribution is 2.50. The lowest BCUT2D eigenvalue weighted by Gasteiger charge is -2.50. The molecule has 2 heterocycles. The smallest absolute Gasteiger partial charge is 0.233 e. The van der Waals surface area contributed by atoms with E-state index in [-0.39, 0.29) is 17.7 Å². The molecular weight excluding hydrogens is 446 g/mol. The van der Waals surface area contributed by atoms with Crippen LogP contribution in [0.15, 0.2) is 36.4 Å². The van der Waals surface area contributed by atoms with Crippen LogP contribution in [0.4, 0.5) is 8.78 Å². The number of rotatable bonds is 3. The van der Waals surface area contributed by atoms with E-state index in [9.17, 15) is 18.4 Å². The number of likely N-dealkylation sites (tertiary alicyclic amines) is 1. The van der Waals surface area contributed by atoms with Gasteiger partial charge in [-0.3, -0.25) is 9.59 Å². The van der Waals surface area contributed by atoms with Crippen molar-refractivity contribution in [1.29, 1.82) is 0 Å². The number of piperidine rings is 2. The molecule has 4 nitrogen and oxygen atoms in total. The van der Waals surface area contributed by atoms with Gasteiger partial charge in [0.1, 0.15) is 11.6 Å². The number of hydrogen-bond donors (Lipinski definition) is 1. The third-order valence-corrected chi connectivity index (χ3v) is 8.73. The summed E-state index contributed by atoms with van der Waals surface area (Å²) >= 11 is 0. The molecule has 1 aliphatic carbocycles. The molecule has 0 radical (unpaired) electrons. The van der Waals surface area contributed by atoms with Gasteiger partial charge < -0.3 is 10.2 Å². The van der Waals surface area contributed by atoms with Crippen LogP contribution in [-0.2, 0) is 15.0 Å². The van der Waals surface area contributed by atoms with E-state index in [1.807, 2.05) is 4.90 Å². The molecule has 186 valence electrons. The first-order valence-corrected chi connectivity index (χ1v) is 12.8. The highest BCUT2D eigenvalue weighted by Gasteiger charge is 2.50. The second kappa shape index (κ2) is 9.03. The number of nitrogens with zero attached hydrogens (tertiary/aromatic N) is 1. The van der Waals surface area contributed by atoms with Crippen molar-refractivity contribution in [3.05, 3.63) is 70.3 Å². The molecule has 1 spiro atoms. The van der Waals surface area contributed by atoms with Gasteiger partial charge in [0.15, 0.2) is 0 Å². The van der Waals surface area contributed by atoms with Gasteiger partial charge in [-0.2, -0.15) is 0 Å². The van der Waals surface area contributed by atoms with Crippen molar-refractivity contribution in [2.45, 2.75) is 70.1 Å². The maximum absolute atomic E-state index is 14.1. The molecule has 35 heavy (non-hydrogen) atoms. The largest absolute Gasteiger partial charge is 0.355 e. The topological polar surface area (TPSA) is 49.4 Å². The predicted octanol–water partition coefficient (Wildman–Crippen LogP) is 5.31. The Hall–Kier alpha value is -2.76. The molecule has 2 aliphatic heterocycles. The Morgan fingerprint density at radius 2 is 1.51 bits per heavy atom. The number of hydrogen-bond acceptors (Lipinski definition) is 2. The number of amides is 2. The maximum atomic E-state index is 14.1. The number of nitrogens with one attached hydrogen (secondary N) is 1. The van der Waals surface area contributed by atoms with Crippen molar-refractivity contribution in [2.24, 2.45) is 5.41 Å². The van der Waals surface area contributed by atoms with Gasteiger partial charge in [-0.25, -0.2) is 8.78 Å². The van der Waals surface area contributed by atoms with Crippen LogP contribution in [0.5, 0.6) is 0 Å². The van der Waals surface area contributed by atoms with Crippen molar-refractivity contribution >= 4 is 11.8 Å². The third-order valence-electron chi connectivity index (χ3n) is 8.73. The Balaban J connectivity index is 1.40. The van der Waals surface area contributed by atoms with E-state index < -0.39 is 22.5 Å². The average Bonchev–Trinajstić information content (AvgIpc) is 3.29. The second-order valence-electron chi connectivity index (χ2n) is 11.1. The van der Waals surface area contributed by atoms with Crippen LogP contribution in [0, 0.1) is 30.9 Å². The highest BCUT2D eigenvalue weighted by atomic mass is 19.1. The van der Waals surface area contributed by atoms with E-state index in [1.54, 1.807) is 0 Å². The van der Waals surface area contributed by atoms with Crippen LogP contribution in [-0.4, -0.2) is 36.3 Å². The number of carbonyl (C=O) groups excluding carboxylic acids is 2. The Bertz CT molecular complexity index is 1110. The fourth-order valence-electron chi connectivity index (χ4n) is 7.02. The van der Waals surface area contributed by atoms with Gasteiger partial charge in [0, 0.05) is 38.0 Å². The molecule has 1 atom stereocenters. The number of aryl methyl sites for hydroxylation is 2. The van der Waals surface area contributed by atoms with Crippen LogP contribution in [0.25, 0.3) is 0 Å². The van der Waals surface area contributed by atoms with E-state index in [1.165, 1.54) is 23.3 Å². The fraction of sp³-hybridized carbons (Fsp3) is 0.517. The van der Waals surface area contributed by atoms with Crippen LogP contribution in [0.3, 0.4) is 0 Å². The fourth-order valence-corrected chi connectivity index (χ4v) is 7.02. The predicted molar refractivity (Wildman–Crippen MR) is 131 cm³/mol. The lowest BCUT2D eigenvalue weighted by Crippen LogP contribution is -2.55. The summed E-state index contributed by atoms with van der Waals surface area (Å²) in [5.41, 5.74) is 3.19. The van der Waals surface area contributed by atoms with Gasteiger partial charge in [-0.1, -0.05) is 42.2 Å². The first kappa shape index (κ1) is 24.0. The van der Waals surface area contributed by atoms with E-state index in [2.05, 4.69) is 37.4 Å². The summed E-state index contributed by atoms with van der Waals surface area (Å²) in [5, 5.41) is 2.89. The zero-order valence-corrected chi connectivity index (χ0v) is 20.6. The second-order valence-corrected chi connectivity index (χ2v) is 11.1. The first-order valence-electron chi connectivity index (χ1n) is 12.8. The normalized spacial score (nSPS) is 23.4. The Morgan fingerprint density at radius 1 is 0.914 bits per heavy atom. The summed E-state index contributed by atoms with van der Waals surface area (Å²) in [6.45, 7) is 5.65. The molecule has 6 heteroatoms. The summed E-state index contributed by atoms with van der Waals surface area (Å²) in [5.74, 6) is -1.21. The first-order chi connectivity index (χ1) is 16.7. The van der Waals surface area contributed by atoms with E-state index in [0.717, 1.165) is 37.3 Å². The van der Waals surface area contributed by atoms with E-state index >= 15 is 0 Å². The molecule has 0 aromatic heterocycles. The van der Waals surface area contributed by atoms with Gasteiger partial charge in [0.2, 0.25) is 11.8 Å². The zero-order chi connectivity index (χ0) is 24.8. The van der Waals surface area contributed by atoms with E-state index in [4.69, 9.17) is 0 Å². The van der Waals surface area contributed by atoms with Crippen LogP contribution >= 0.6 is 0 Å². The summed E-state index contributed by atoms with van der Waals surface area (Å²) in [6.07, 6.45) is 5.44. The number of benzene rings is 2. The molecule has 3 fully saturated rings. The summed E-state index contributed by atoms with van der Waals surface area (Å²) in [6, 6.07) is 10.1. The summed E-state index contributed by atoms with van der Waals surface area (Å²) in [4.78, 5) is 28.5. The van der Waals surface area contributed by atoms with Crippen LogP contribution in [0.2, 0.25) is 0 Å². The maximum Gasteiger partial charge on any atom is 0.233 e. The van der Waals surface area contributed by atoms with Crippen molar-refractivity contribution < 1.29 is 18.4 Å². The highest BCUT2D eigenvalue weighted by molar-refractivity contribution is 5.89. The SMILES string of the molecule is Cc1cc(C)cc(C2(C(=O)N3CCC4(CC3)CC(=O)NC[C@H]4c3cc(F)cc(F)c3)CCCC2)c1. The Kier molecular flexibility index (Phi) is 6.18. The third kappa shape index (κ3) is 4.36. The molecule has 0 unspecified atom stereocenters. The average molecular weight is 481 g/mol. The molecule has 1 N–H and O–H groups in total. The molecule has 2 amide bonds. The van der Waals surface area contributed by atoms with E-state index in [0.29, 0.717) is 44.5 Å². The molecule has 1 saturated carbocycles. The van der Waals surface area contributed by atoms with Crippen LogP contribution in [0.1, 0.15) is 73.1 Å². The van der Waals surface area contributed by atoms with Gasteiger partial charge in [-0.05, 0) is 68.2 Å². The minimum absolute atomic E-state index is 0.0274. The Labute approximate surface area is 206 Å². The molecular formula is C29H34F2N2O2. The molecule has 2 saturated heterocycles. The minimum atomic E-state index is -0.601. The Morgan fingerprint density at radius 3 is 2.11 bits per heavy atom. The molecule has 0 bridgehead atoms. The van der Waals surface area contributed by atoms with Gasteiger partial charge in [0.25, 0.3) is 0 Å². The monoisotopic (exact) mass is 480 g/mol. The quantitative estimate of drug-likeness (QED) is 0.648. The van der Waals surface area contributed by atoms with Crippen LogP contribution < -0.4 is 5.32 Å². The summed E-state index contributed by atoms with van der Waals surface area (Å²) in [7, 11) is 0. The van der Waals surface area contributed by atoms with Crippen molar-refractivity contribution in [3.8, 4) is 0 Å². The number of carbonyl (C=O) groups is 2.